The fraction of sp³-hybridized carbons (Fsp3) is 0.353. The first-order chi connectivity index (χ1) is 12.5. The van der Waals surface area contributed by atoms with E-state index in [1.54, 1.807) is 16.7 Å². The number of hydrogen-bond donors (Lipinski definition) is 3. The maximum Gasteiger partial charge on any atom is 0.313 e. The molecule has 1 fully saturated rings. The number of halogens is 1. The van der Waals surface area contributed by atoms with Crippen LogP contribution in [0.3, 0.4) is 0 Å². The molecule has 26 heavy (non-hydrogen) atoms. The van der Waals surface area contributed by atoms with Gasteiger partial charge in [-0.2, -0.15) is 0 Å². The summed E-state index contributed by atoms with van der Waals surface area (Å²) >= 11 is 4.44. The Hall–Kier alpha value is -1.68. The summed E-state index contributed by atoms with van der Waals surface area (Å²) in [5.74, 6) is -0.661. The second kappa shape index (κ2) is 6.80. The molecule has 1 heterocycles. The Morgan fingerprint density at radius 3 is 2.77 bits per heavy atom. The summed E-state index contributed by atoms with van der Waals surface area (Å²) in [6, 6.07) is 3.90. The van der Waals surface area contributed by atoms with Gasteiger partial charge in [0.25, 0.3) is 0 Å². The molecular formula is C17H16BrN3O4S. The van der Waals surface area contributed by atoms with Crippen molar-refractivity contribution in [3.05, 3.63) is 39.6 Å². The van der Waals surface area contributed by atoms with E-state index in [0.29, 0.717) is 15.8 Å². The standard InChI is InChI=1S/C17H16BrN3O4S/c18-16-19-20-17(26-7-13(23)24)21(16)11-5-3-9(8-1-2-8)14-10(11)4-6-12(22)15(14)25/h3-6,8,12,15,22,25H,1-2,7H2,(H,23,24). The van der Waals surface area contributed by atoms with Crippen molar-refractivity contribution in [2.45, 2.75) is 36.1 Å². The molecule has 3 N–H and O–H groups in total. The van der Waals surface area contributed by atoms with Crippen LogP contribution in [0.4, 0.5) is 0 Å². The van der Waals surface area contributed by atoms with Crippen molar-refractivity contribution in [2.24, 2.45) is 0 Å². The van der Waals surface area contributed by atoms with E-state index in [4.69, 9.17) is 5.11 Å². The van der Waals surface area contributed by atoms with Gasteiger partial charge < -0.3 is 15.3 Å². The van der Waals surface area contributed by atoms with Gasteiger partial charge in [0.05, 0.1) is 11.4 Å². The van der Waals surface area contributed by atoms with Crippen LogP contribution in [0.2, 0.25) is 0 Å². The number of benzene rings is 1. The van der Waals surface area contributed by atoms with Crippen LogP contribution in [-0.4, -0.2) is 47.9 Å². The lowest BCUT2D eigenvalue weighted by Crippen LogP contribution is -2.22. The van der Waals surface area contributed by atoms with Gasteiger partial charge in [-0.05, 0) is 51.9 Å². The molecule has 2 aliphatic carbocycles. The van der Waals surface area contributed by atoms with Gasteiger partial charge in [0, 0.05) is 5.56 Å². The van der Waals surface area contributed by atoms with E-state index in [2.05, 4.69) is 26.1 Å². The van der Waals surface area contributed by atoms with E-state index < -0.39 is 18.2 Å². The summed E-state index contributed by atoms with van der Waals surface area (Å²) in [4.78, 5) is 10.9. The van der Waals surface area contributed by atoms with Crippen LogP contribution in [0.5, 0.6) is 0 Å². The predicted molar refractivity (Wildman–Crippen MR) is 99.4 cm³/mol. The van der Waals surface area contributed by atoms with Crippen molar-refractivity contribution >= 4 is 39.7 Å². The molecule has 4 rings (SSSR count). The highest BCUT2D eigenvalue weighted by Crippen LogP contribution is 2.47. The van der Waals surface area contributed by atoms with Crippen LogP contribution in [0.25, 0.3) is 11.8 Å². The molecule has 1 aromatic heterocycles. The lowest BCUT2D eigenvalue weighted by Gasteiger charge is -2.27. The molecule has 7 nitrogen and oxygen atoms in total. The number of aliphatic hydroxyl groups excluding tert-OH is 2. The summed E-state index contributed by atoms with van der Waals surface area (Å²) in [7, 11) is 0. The van der Waals surface area contributed by atoms with Crippen LogP contribution >= 0.6 is 27.7 Å². The molecule has 1 saturated carbocycles. The van der Waals surface area contributed by atoms with Gasteiger partial charge in [0.15, 0.2) is 5.16 Å². The van der Waals surface area contributed by atoms with Gasteiger partial charge in [-0.15, -0.1) is 10.2 Å². The van der Waals surface area contributed by atoms with Crippen LogP contribution in [-0.2, 0) is 4.79 Å². The molecule has 0 radical (unpaired) electrons. The molecule has 0 aliphatic heterocycles. The van der Waals surface area contributed by atoms with Crippen LogP contribution < -0.4 is 0 Å². The largest absolute Gasteiger partial charge is 0.481 e. The maximum atomic E-state index is 10.9. The van der Waals surface area contributed by atoms with Crippen LogP contribution in [0.15, 0.2) is 28.1 Å². The lowest BCUT2D eigenvalue weighted by molar-refractivity contribution is -0.133. The van der Waals surface area contributed by atoms with Gasteiger partial charge in [-0.3, -0.25) is 9.36 Å². The third-order valence-corrected chi connectivity index (χ3v) is 5.98. The molecule has 2 atom stereocenters. The summed E-state index contributed by atoms with van der Waals surface area (Å²) < 4.78 is 2.17. The number of aliphatic hydroxyl groups is 2. The highest BCUT2D eigenvalue weighted by Gasteiger charge is 2.34. The topological polar surface area (TPSA) is 108 Å². The number of nitrogens with zero attached hydrogens (tertiary/aromatic N) is 3. The summed E-state index contributed by atoms with van der Waals surface area (Å²) in [6.07, 6.45) is 3.58. The normalized spacial score (nSPS) is 21.7. The van der Waals surface area contributed by atoms with Crippen molar-refractivity contribution < 1.29 is 20.1 Å². The molecule has 2 unspecified atom stereocenters. The Bertz CT molecular complexity index is 910. The Labute approximate surface area is 161 Å². The number of aliphatic carboxylic acids is 1. The molecule has 0 amide bonds. The highest BCUT2D eigenvalue weighted by atomic mass is 79.9. The smallest absolute Gasteiger partial charge is 0.313 e. The minimum Gasteiger partial charge on any atom is -0.481 e. The number of thioether (sulfide) groups is 1. The van der Waals surface area contributed by atoms with Gasteiger partial charge >= 0.3 is 5.97 Å². The fourth-order valence-electron chi connectivity index (χ4n) is 3.24. The molecule has 0 spiro atoms. The number of carboxylic acids is 1. The molecule has 9 heteroatoms. The zero-order valence-electron chi connectivity index (χ0n) is 13.5. The van der Waals surface area contributed by atoms with Gasteiger partial charge in [-0.1, -0.05) is 30.0 Å². The summed E-state index contributed by atoms with van der Waals surface area (Å²) in [5, 5.41) is 38.1. The summed E-state index contributed by atoms with van der Waals surface area (Å²) in [5.41, 5.74) is 3.32. The van der Waals surface area contributed by atoms with Gasteiger partial charge in [0.2, 0.25) is 4.73 Å². The number of aromatic nitrogens is 3. The molecule has 0 bridgehead atoms. The Morgan fingerprint density at radius 1 is 1.31 bits per heavy atom. The van der Waals surface area contributed by atoms with E-state index in [1.807, 2.05) is 12.1 Å². The van der Waals surface area contributed by atoms with Gasteiger partial charge in [0.1, 0.15) is 12.2 Å². The first-order valence-corrected chi connectivity index (χ1v) is 9.92. The Kier molecular flexibility index (Phi) is 4.64. The number of rotatable bonds is 5. The Morgan fingerprint density at radius 2 is 2.08 bits per heavy atom. The first-order valence-electron chi connectivity index (χ1n) is 8.14. The average Bonchev–Trinajstić information content (AvgIpc) is 3.39. The van der Waals surface area contributed by atoms with E-state index in [9.17, 15) is 15.0 Å². The highest BCUT2D eigenvalue weighted by molar-refractivity contribution is 9.10. The quantitative estimate of drug-likeness (QED) is 0.616. The second-order valence-corrected chi connectivity index (χ2v) is 7.99. The van der Waals surface area contributed by atoms with Crippen LogP contribution in [0, 0.1) is 0 Å². The average molecular weight is 438 g/mol. The molecular weight excluding hydrogens is 422 g/mol. The SMILES string of the molecule is O=C(O)CSc1nnc(Br)n1-c1ccc(C2CC2)c2c1C=CC(O)C2O. The minimum atomic E-state index is -0.990. The fourth-order valence-corrected chi connectivity index (χ4v) is 4.46. The van der Waals surface area contributed by atoms with E-state index in [0.717, 1.165) is 47.0 Å². The van der Waals surface area contributed by atoms with Crippen LogP contribution in [0.1, 0.15) is 41.6 Å². The van der Waals surface area contributed by atoms with Crippen molar-refractivity contribution in [2.75, 3.05) is 5.75 Å². The lowest BCUT2D eigenvalue weighted by atomic mass is 9.86. The monoisotopic (exact) mass is 437 g/mol. The van der Waals surface area contributed by atoms with E-state index in [1.165, 1.54) is 0 Å². The number of fused-ring (bicyclic) bond motifs is 1. The minimum absolute atomic E-state index is 0.134. The molecule has 0 saturated heterocycles. The van der Waals surface area contributed by atoms with Crippen molar-refractivity contribution in [1.82, 2.24) is 14.8 Å². The van der Waals surface area contributed by atoms with Crippen molar-refractivity contribution in [3.8, 4) is 5.69 Å². The number of carbonyl (C=O) groups is 1. The third-order valence-electron chi connectivity index (χ3n) is 4.55. The van der Waals surface area contributed by atoms with Crippen molar-refractivity contribution in [1.29, 1.82) is 0 Å². The molecule has 136 valence electrons. The maximum absolute atomic E-state index is 10.9. The van der Waals surface area contributed by atoms with Gasteiger partial charge in [-0.25, -0.2) is 0 Å². The first kappa shape index (κ1) is 17.7. The zero-order chi connectivity index (χ0) is 18.4. The van der Waals surface area contributed by atoms with E-state index in [-0.39, 0.29) is 5.75 Å². The summed E-state index contributed by atoms with van der Waals surface area (Å²) in [6.45, 7) is 0. The number of hydrogen-bond acceptors (Lipinski definition) is 6. The third kappa shape index (κ3) is 3.09. The number of carboxylic acid groups (broad SMARTS) is 1. The van der Waals surface area contributed by atoms with E-state index >= 15 is 0 Å². The predicted octanol–water partition coefficient (Wildman–Crippen LogP) is 2.51. The second-order valence-electron chi connectivity index (χ2n) is 6.34. The van der Waals surface area contributed by atoms with Crippen molar-refractivity contribution in [3.63, 3.8) is 0 Å². The molecule has 2 aliphatic rings. The Balaban J connectivity index is 1.86. The molecule has 2 aromatic rings. The molecule has 1 aromatic carbocycles. The zero-order valence-corrected chi connectivity index (χ0v) is 15.9.